The van der Waals surface area contributed by atoms with E-state index < -0.39 is 5.97 Å². The summed E-state index contributed by atoms with van der Waals surface area (Å²) < 4.78 is 10.8. The van der Waals surface area contributed by atoms with Gasteiger partial charge >= 0.3 is 5.97 Å². The van der Waals surface area contributed by atoms with Gasteiger partial charge in [-0.2, -0.15) is 0 Å². The molecule has 2 aromatic rings. The molecule has 5 heteroatoms. The average molecular weight is 306 g/mol. The van der Waals surface area contributed by atoms with E-state index in [0.717, 1.165) is 5.56 Å². The summed E-state index contributed by atoms with van der Waals surface area (Å²) in [6.45, 7) is 3.92. The van der Waals surface area contributed by atoms with Gasteiger partial charge in [-0.05, 0) is 49.7 Å². The Balaban J connectivity index is 2.39. The monoisotopic (exact) mass is 305 g/mol. The highest BCUT2D eigenvalue weighted by molar-refractivity contribution is 6.30. The molecule has 0 radical (unpaired) electrons. The summed E-state index contributed by atoms with van der Waals surface area (Å²) in [4.78, 5) is 12.0. The van der Waals surface area contributed by atoms with E-state index in [-0.39, 0.29) is 12.2 Å². The summed E-state index contributed by atoms with van der Waals surface area (Å²) in [5.74, 6) is 0.491. The Kier molecular flexibility index (Phi) is 4.70. The van der Waals surface area contributed by atoms with Crippen LogP contribution in [-0.2, 0) is 4.74 Å². The normalized spacial score (nSPS) is 10.2. The Morgan fingerprint density at radius 3 is 2.67 bits per heavy atom. The van der Waals surface area contributed by atoms with Crippen LogP contribution in [0.1, 0.15) is 22.8 Å². The van der Waals surface area contributed by atoms with Crippen LogP contribution in [0.3, 0.4) is 0 Å². The van der Waals surface area contributed by atoms with Gasteiger partial charge < -0.3 is 15.2 Å². The van der Waals surface area contributed by atoms with Gasteiger partial charge in [0.05, 0.1) is 6.61 Å². The number of rotatable bonds is 4. The van der Waals surface area contributed by atoms with Gasteiger partial charge in [0.15, 0.2) is 0 Å². The fourth-order valence-electron chi connectivity index (χ4n) is 1.81. The van der Waals surface area contributed by atoms with Gasteiger partial charge in [0.2, 0.25) is 0 Å². The molecular weight excluding hydrogens is 290 g/mol. The lowest BCUT2D eigenvalue weighted by atomic mass is 10.1. The first-order valence-corrected chi connectivity index (χ1v) is 6.89. The molecule has 4 nitrogen and oxygen atoms in total. The van der Waals surface area contributed by atoms with Gasteiger partial charge in [-0.1, -0.05) is 17.7 Å². The number of anilines is 1. The zero-order chi connectivity index (χ0) is 15.4. The van der Waals surface area contributed by atoms with Crippen molar-refractivity contribution in [3.05, 3.63) is 52.5 Å². The van der Waals surface area contributed by atoms with Crippen molar-refractivity contribution >= 4 is 23.3 Å². The fraction of sp³-hybridized carbons (Fsp3) is 0.188. The van der Waals surface area contributed by atoms with Crippen LogP contribution in [0, 0.1) is 6.92 Å². The maximum absolute atomic E-state index is 12.0. The van der Waals surface area contributed by atoms with E-state index in [1.54, 1.807) is 31.2 Å². The van der Waals surface area contributed by atoms with E-state index in [2.05, 4.69) is 0 Å². The molecule has 2 aromatic carbocycles. The highest BCUT2D eigenvalue weighted by atomic mass is 35.5. The second kappa shape index (κ2) is 6.50. The number of hydrogen-bond acceptors (Lipinski definition) is 4. The molecule has 0 amide bonds. The Bertz CT molecular complexity index is 671. The molecule has 0 bridgehead atoms. The third kappa shape index (κ3) is 3.67. The molecule has 0 aliphatic carbocycles. The van der Waals surface area contributed by atoms with Gasteiger partial charge in [0.25, 0.3) is 0 Å². The molecule has 110 valence electrons. The molecular formula is C16H16ClNO3. The first-order chi connectivity index (χ1) is 10.0. The molecule has 0 spiro atoms. The van der Waals surface area contributed by atoms with Gasteiger partial charge in [-0.25, -0.2) is 4.79 Å². The van der Waals surface area contributed by atoms with Crippen molar-refractivity contribution in [2.75, 3.05) is 12.3 Å². The highest BCUT2D eigenvalue weighted by Gasteiger charge is 2.15. The number of halogens is 1. The number of aryl methyl sites for hydroxylation is 1. The van der Waals surface area contributed by atoms with Crippen LogP contribution >= 0.6 is 11.6 Å². The molecule has 21 heavy (non-hydrogen) atoms. The number of nitrogens with two attached hydrogens (primary N) is 1. The summed E-state index contributed by atoms with van der Waals surface area (Å²) in [5.41, 5.74) is 7.39. The van der Waals surface area contributed by atoms with Crippen LogP contribution < -0.4 is 10.5 Å². The van der Waals surface area contributed by atoms with Crippen LogP contribution in [0.15, 0.2) is 36.4 Å². The number of benzene rings is 2. The first kappa shape index (κ1) is 15.2. The average Bonchev–Trinajstić information content (AvgIpc) is 2.45. The number of esters is 1. The van der Waals surface area contributed by atoms with Crippen molar-refractivity contribution in [1.29, 1.82) is 0 Å². The van der Waals surface area contributed by atoms with E-state index in [1.165, 1.54) is 6.07 Å². The van der Waals surface area contributed by atoms with E-state index in [4.69, 9.17) is 26.8 Å². The Hall–Kier alpha value is -2.20. The zero-order valence-electron chi connectivity index (χ0n) is 11.9. The summed E-state index contributed by atoms with van der Waals surface area (Å²) in [7, 11) is 0. The number of hydrogen-bond donors (Lipinski definition) is 1. The molecule has 0 aliphatic rings. The van der Waals surface area contributed by atoms with E-state index >= 15 is 0 Å². The van der Waals surface area contributed by atoms with Crippen LogP contribution in [-0.4, -0.2) is 12.6 Å². The molecule has 0 aliphatic heterocycles. The van der Waals surface area contributed by atoms with Crippen molar-refractivity contribution in [1.82, 2.24) is 0 Å². The van der Waals surface area contributed by atoms with Gasteiger partial charge in [-0.3, -0.25) is 0 Å². The summed E-state index contributed by atoms with van der Waals surface area (Å²) in [5, 5.41) is 0.559. The minimum absolute atomic E-state index is 0.281. The van der Waals surface area contributed by atoms with Gasteiger partial charge in [0.1, 0.15) is 17.1 Å². The van der Waals surface area contributed by atoms with Crippen molar-refractivity contribution in [3.8, 4) is 11.5 Å². The van der Waals surface area contributed by atoms with Crippen LogP contribution in [0.2, 0.25) is 5.02 Å². The minimum atomic E-state index is -0.473. The second-order valence-corrected chi connectivity index (χ2v) is 4.92. The van der Waals surface area contributed by atoms with Gasteiger partial charge in [-0.15, -0.1) is 0 Å². The highest BCUT2D eigenvalue weighted by Crippen LogP contribution is 2.31. The molecule has 0 aromatic heterocycles. The van der Waals surface area contributed by atoms with Crippen molar-refractivity contribution in [2.24, 2.45) is 0 Å². The second-order valence-electron chi connectivity index (χ2n) is 4.49. The smallest absolute Gasteiger partial charge is 0.342 e. The molecule has 0 saturated heterocycles. The van der Waals surface area contributed by atoms with Crippen molar-refractivity contribution < 1.29 is 14.3 Å². The SMILES string of the molecule is CCOC(=O)c1cc(N)ccc1Oc1cc(Cl)ccc1C. The van der Waals surface area contributed by atoms with E-state index in [0.29, 0.717) is 22.2 Å². The summed E-state index contributed by atoms with van der Waals surface area (Å²) >= 11 is 5.97. The van der Waals surface area contributed by atoms with E-state index in [9.17, 15) is 4.79 Å². The largest absolute Gasteiger partial charge is 0.462 e. The van der Waals surface area contributed by atoms with Crippen LogP contribution in [0.5, 0.6) is 11.5 Å². The van der Waals surface area contributed by atoms with Crippen LogP contribution in [0.25, 0.3) is 0 Å². The lowest BCUT2D eigenvalue weighted by Crippen LogP contribution is -2.07. The van der Waals surface area contributed by atoms with Crippen molar-refractivity contribution in [2.45, 2.75) is 13.8 Å². The summed E-state index contributed by atoms with van der Waals surface area (Å²) in [6.07, 6.45) is 0. The number of nitrogen functional groups attached to an aromatic ring is 1. The Morgan fingerprint density at radius 2 is 1.95 bits per heavy atom. The van der Waals surface area contributed by atoms with Crippen LogP contribution in [0.4, 0.5) is 5.69 Å². The van der Waals surface area contributed by atoms with Crippen molar-refractivity contribution in [3.63, 3.8) is 0 Å². The zero-order valence-corrected chi connectivity index (χ0v) is 12.6. The molecule has 0 heterocycles. The first-order valence-electron chi connectivity index (χ1n) is 6.52. The molecule has 0 fully saturated rings. The maximum atomic E-state index is 12.0. The quantitative estimate of drug-likeness (QED) is 0.679. The Labute approximate surface area is 128 Å². The lowest BCUT2D eigenvalue weighted by Gasteiger charge is -2.13. The molecule has 2 N–H and O–H groups in total. The molecule has 2 rings (SSSR count). The Morgan fingerprint density at radius 1 is 1.19 bits per heavy atom. The van der Waals surface area contributed by atoms with Gasteiger partial charge in [0, 0.05) is 10.7 Å². The standard InChI is InChI=1S/C16H16ClNO3/c1-3-20-16(19)13-9-12(18)6-7-14(13)21-15-8-11(17)5-4-10(15)2/h4-9H,3,18H2,1-2H3. The number of carbonyl (C=O) groups is 1. The number of carbonyl (C=O) groups excluding carboxylic acids is 1. The predicted octanol–water partition coefficient (Wildman–Crippen LogP) is 4.20. The van der Waals surface area contributed by atoms with E-state index in [1.807, 2.05) is 13.0 Å². The summed E-state index contributed by atoms with van der Waals surface area (Å²) in [6, 6.07) is 10.2. The third-order valence-corrected chi connectivity index (χ3v) is 3.10. The minimum Gasteiger partial charge on any atom is -0.462 e. The fourth-order valence-corrected chi connectivity index (χ4v) is 1.97. The lowest BCUT2D eigenvalue weighted by molar-refractivity contribution is 0.0523. The predicted molar refractivity (Wildman–Crippen MR) is 83.1 cm³/mol. The third-order valence-electron chi connectivity index (χ3n) is 2.87. The topological polar surface area (TPSA) is 61.5 Å². The number of ether oxygens (including phenoxy) is 2. The molecule has 0 unspecified atom stereocenters. The molecule has 0 atom stereocenters. The maximum Gasteiger partial charge on any atom is 0.342 e. The molecule has 0 saturated carbocycles.